The number of nitrogens with zero attached hydrogens (tertiary/aromatic N) is 3. The SMILES string of the molecule is COc1cc2c(NC(C)c3ccc(-c4cccnc4)cc3)ncnc2cc1F. The summed E-state index contributed by atoms with van der Waals surface area (Å²) >= 11 is 0. The maximum Gasteiger partial charge on any atom is 0.167 e. The van der Waals surface area contributed by atoms with E-state index in [1.807, 2.05) is 25.3 Å². The quantitative estimate of drug-likeness (QED) is 0.532. The summed E-state index contributed by atoms with van der Waals surface area (Å²) in [5.41, 5.74) is 3.81. The lowest BCUT2D eigenvalue weighted by molar-refractivity contribution is 0.387. The number of rotatable bonds is 5. The lowest BCUT2D eigenvalue weighted by Crippen LogP contribution is -2.08. The molecule has 1 unspecified atom stereocenters. The van der Waals surface area contributed by atoms with Crippen molar-refractivity contribution in [3.8, 4) is 16.9 Å². The van der Waals surface area contributed by atoms with Crippen LogP contribution in [0.3, 0.4) is 0 Å². The first-order valence-electron chi connectivity index (χ1n) is 8.91. The summed E-state index contributed by atoms with van der Waals surface area (Å²) in [4.78, 5) is 12.6. The third-order valence-corrected chi connectivity index (χ3v) is 4.67. The summed E-state index contributed by atoms with van der Waals surface area (Å²) in [7, 11) is 1.44. The van der Waals surface area contributed by atoms with Crippen molar-refractivity contribution in [1.29, 1.82) is 0 Å². The van der Waals surface area contributed by atoms with Gasteiger partial charge in [-0.1, -0.05) is 30.3 Å². The number of hydrogen-bond donors (Lipinski definition) is 1. The standard InChI is InChI=1S/C22H19FN4O/c1-14(15-5-7-16(8-6-15)17-4-3-9-24-12-17)27-22-18-10-21(28-2)19(23)11-20(18)25-13-26-22/h3-14H,1-2H3,(H,25,26,27). The molecule has 2 heterocycles. The molecule has 0 saturated heterocycles. The van der Waals surface area contributed by atoms with Crippen LogP contribution < -0.4 is 10.1 Å². The van der Waals surface area contributed by atoms with Crippen molar-refractivity contribution < 1.29 is 9.13 Å². The van der Waals surface area contributed by atoms with Crippen molar-refractivity contribution in [3.05, 3.63) is 78.6 Å². The number of methoxy groups -OCH3 is 1. The van der Waals surface area contributed by atoms with Crippen molar-refractivity contribution in [3.63, 3.8) is 0 Å². The monoisotopic (exact) mass is 374 g/mol. The molecule has 0 saturated carbocycles. The van der Waals surface area contributed by atoms with Gasteiger partial charge < -0.3 is 10.1 Å². The van der Waals surface area contributed by atoms with Gasteiger partial charge in [0.1, 0.15) is 12.1 Å². The largest absolute Gasteiger partial charge is 0.494 e. The molecule has 0 aliphatic carbocycles. The third-order valence-electron chi connectivity index (χ3n) is 4.67. The summed E-state index contributed by atoms with van der Waals surface area (Å²) in [5, 5.41) is 4.10. The first-order valence-corrected chi connectivity index (χ1v) is 8.91. The van der Waals surface area contributed by atoms with Crippen LogP contribution in [0, 0.1) is 5.82 Å². The van der Waals surface area contributed by atoms with E-state index in [9.17, 15) is 4.39 Å². The van der Waals surface area contributed by atoms with Crippen LogP contribution in [0.1, 0.15) is 18.5 Å². The highest BCUT2D eigenvalue weighted by Crippen LogP contribution is 2.30. The number of hydrogen-bond acceptors (Lipinski definition) is 5. The molecule has 0 aliphatic heterocycles. The molecule has 0 amide bonds. The van der Waals surface area contributed by atoms with E-state index in [0.29, 0.717) is 16.7 Å². The Morgan fingerprint density at radius 3 is 2.57 bits per heavy atom. The number of benzene rings is 2. The molecule has 1 N–H and O–H groups in total. The highest BCUT2D eigenvalue weighted by atomic mass is 19.1. The van der Waals surface area contributed by atoms with Gasteiger partial charge in [0.2, 0.25) is 0 Å². The van der Waals surface area contributed by atoms with Crippen LogP contribution >= 0.6 is 0 Å². The van der Waals surface area contributed by atoms with E-state index in [1.165, 1.54) is 19.5 Å². The fourth-order valence-electron chi connectivity index (χ4n) is 3.12. The van der Waals surface area contributed by atoms with Gasteiger partial charge in [-0.2, -0.15) is 0 Å². The predicted molar refractivity (Wildman–Crippen MR) is 108 cm³/mol. The molecule has 0 bridgehead atoms. The molecule has 0 radical (unpaired) electrons. The van der Waals surface area contributed by atoms with Crippen molar-refractivity contribution in [1.82, 2.24) is 15.0 Å². The van der Waals surface area contributed by atoms with E-state index in [-0.39, 0.29) is 11.8 Å². The Hall–Kier alpha value is -3.54. The van der Waals surface area contributed by atoms with Gasteiger partial charge in [-0.25, -0.2) is 14.4 Å². The van der Waals surface area contributed by atoms with Gasteiger partial charge in [0.15, 0.2) is 11.6 Å². The van der Waals surface area contributed by atoms with E-state index in [2.05, 4.69) is 44.5 Å². The van der Waals surface area contributed by atoms with Gasteiger partial charge in [0, 0.05) is 29.9 Å². The van der Waals surface area contributed by atoms with Gasteiger partial charge >= 0.3 is 0 Å². The van der Waals surface area contributed by atoms with Gasteiger partial charge in [-0.3, -0.25) is 4.98 Å². The Morgan fingerprint density at radius 2 is 1.86 bits per heavy atom. The molecule has 4 rings (SSSR count). The van der Waals surface area contributed by atoms with Gasteiger partial charge in [0.05, 0.1) is 12.6 Å². The molecule has 0 fully saturated rings. The van der Waals surface area contributed by atoms with Crippen molar-refractivity contribution in [2.24, 2.45) is 0 Å². The van der Waals surface area contributed by atoms with Crippen LogP contribution in [0.2, 0.25) is 0 Å². The topological polar surface area (TPSA) is 59.9 Å². The molecular weight excluding hydrogens is 355 g/mol. The predicted octanol–water partition coefficient (Wildman–Crippen LogP) is 5.01. The average Bonchev–Trinajstić information content (AvgIpc) is 2.74. The van der Waals surface area contributed by atoms with Crippen LogP contribution in [0.25, 0.3) is 22.0 Å². The van der Waals surface area contributed by atoms with Crippen LogP contribution in [0.5, 0.6) is 5.75 Å². The number of fused-ring (bicyclic) bond motifs is 1. The van der Waals surface area contributed by atoms with Crippen molar-refractivity contribution in [2.75, 3.05) is 12.4 Å². The second-order valence-corrected chi connectivity index (χ2v) is 6.46. The fourth-order valence-corrected chi connectivity index (χ4v) is 3.12. The van der Waals surface area contributed by atoms with E-state index in [1.54, 1.807) is 12.3 Å². The first-order chi connectivity index (χ1) is 13.7. The highest BCUT2D eigenvalue weighted by molar-refractivity contribution is 5.90. The third kappa shape index (κ3) is 3.49. The van der Waals surface area contributed by atoms with Gasteiger partial charge in [0.25, 0.3) is 0 Å². The van der Waals surface area contributed by atoms with Gasteiger partial charge in [-0.15, -0.1) is 0 Å². The van der Waals surface area contributed by atoms with Crippen molar-refractivity contribution in [2.45, 2.75) is 13.0 Å². The minimum atomic E-state index is -0.446. The maximum absolute atomic E-state index is 13.9. The zero-order valence-electron chi connectivity index (χ0n) is 15.6. The average molecular weight is 374 g/mol. The Bertz CT molecular complexity index is 1100. The minimum absolute atomic E-state index is 0.00269. The normalized spacial score (nSPS) is 12.0. The number of nitrogens with one attached hydrogen (secondary N) is 1. The summed E-state index contributed by atoms with van der Waals surface area (Å²) < 4.78 is 19.0. The molecule has 140 valence electrons. The Morgan fingerprint density at radius 1 is 1.04 bits per heavy atom. The first kappa shape index (κ1) is 17.9. The molecule has 4 aromatic rings. The molecule has 0 aliphatic rings. The number of aromatic nitrogens is 3. The summed E-state index contributed by atoms with van der Waals surface area (Å²) in [5.74, 6) is 0.352. The number of anilines is 1. The lowest BCUT2D eigenvalue weighted by Gasteiger charge is -2.17. The number of pyridine rings is 1. The molecule has 6 heteroatoms. The Kier molecular flexibility index (Phi) is 4.85. The van der Waals surface area contributed by atoms with Crippen molar-refractivity contribution >= 4 is 16.7 Å². The maximum atomic E-state index is 13.9. The molecule has 1 atom stereocenters. The second kappa shape index (κ2) is 7.60. The summed E-state index contributed by atoms with van der Waals surface area (Å²) in [6.07, 6.45) is 5.03. The molecule has 2 aromatic heterocycles. The Labute approximate surface area is 162 Å². The zero-order valence-corrected chi connectivity index (χ0v) is 15.6. The lowest BCUT2D eigenvalue weighted by atomic mass is 10.0. The van der Waals surface area contributed by atoms with Gasteiger partial charge in [-0.05, 0) is 35.7 Å². The minimum Gasteiger partial charge on any atom is -0.494 e. The van der Waals surface area contributed by atoms with Crippen LogP contribution in [0.4, 0.5) is 10.2 Å². The summed E-state index contributed by atoms with van der Waals surface area (Å²) in [6, 6.07) is 15.2. The van der Waals surface area contributed by atoms with E-state index in [0.717, 1.165) is 16.7 Å². The highest BCUT2D eigenvalue weighted by Gasteiger charge is 2.13. The van der Waals surface area contributed by atoms with E-state index < -0.39 is 5.82 Å². The number of ether oxygens (including phenoxy) is 1. The second-order valence-electron chi connectivity index (χ2n) is 6.46. The fraction of sp³-hybridized carbons (Fsp3) is 0.136. The number of halogens is 1. The molecule has 28 heavy (non-hydrogen) atoms. The zero-order chi connectivity index (χ0) is 19.5. The molecule has 2 aromatic carbocycles. The molecular formula is C22H19FN4O. The smallest absolute Gasteiger partial charge is 0.167 e. The molecule has 5 nitrogen and oxygen atoms in total. The van der Waals surface area contributed by atoms with Crippen LogP contribution in [0.15, 0.2) is 67.3 Å². The van der Waals surface area contributed by atoms with Crippen LogP contribution in [-0.4, -0.2) is 22.1 Å². The molecule has 0 spiro atoms. The Balaban J connectivity index is 1.61. The summed E-state index contributed by atoms with van der Waals surface area (Å²) in [6.45, 7) is 2.05. The van der Waals surface area contributed by atoms with E-state index >= 15 is 0 Å². The van der Waals surface area contributed by atoms with E-state index in [4.69, 9.17) is 4.74 Å². The van der Waals surface area contributed by atoms with Crippen LogP contribution in [-0.2, 0) is 0 Å².